The van der Waals surface area contributed by atoms with Crippen LogP contribution in [0.15, 0.2) is 134 Å². The van der Waals surface area contributed by atoms with Gasteiger partial charge in [-0.2, -0.15) is 0 Å². The summed E-state index contributed by atoms with van der Waals surface area (Å²) in [7, 11) is 1.48. The van der Waals surface area contributed by atoms with E-state index in [4.69, 9.17) is 18.5 Å². The van der Waals surface area contributed by atoms with Crippen LogP contribution < -0.4 is 0 Å². The molecule has 9 nitrogen and oxygen atoms in total. The van der Waals surface area contributed by atoms with Gasteiger partial charge in [0.05, 0.1) is 27.7 Å². The molecule has 0 spiro atoms. The van der Waals surface area contributed by atoms with Crippen molar-refractivity contribution >= 4 is 19.8 Å². The Kier molecular flexibility index (Phi) is 78.2. The predicted octanol–water partition coefficient (Wildman–Crippen LogP) is 29.1. The third-order valence-electron chi connectivity index (χ3n) is 18.7. The molecule has 0 bridgehead atoms. The highest BCUT2D eigenvalue weighted by molar-refractivity contribution is 7.47. The van der Waals surface area contributed by atoms with Crippen molar-refractivity contribution < 1.29 is 42.1 Å². The SMILES string of the molecule is CC/C=C\C/C=C\C/C=C\C/C=C\C/C=C\C/C=C\C/C=C\C/C=C\C/C=C\C/C=C\CCCCCCCCCCCCC(=O)OC(COC(=O)CCCCCCCCCCCCCCCCCCCCCCCCCCC/C=C\CCCCCCCCCC)COP(=O)(O)OCC[N+](C)(C)C. The van der Waals surface area contributed by atoms with Crippen molar-refractivity contribution in [2.45, 2.75) is 392 Å². The first-order chi connectivity index (χ1) is 50.0. The lowest BCUT2D eigenvalue weighted by Crippen LogP contribution is -2.37. The molecule has 0 aromatic heterocycles. The molecular formula is C92H163NO8P+. The summed E-state index contributed by atoms with van der Waals surface area (Å²) in [6, 6.07) is 0. The van der Waals surface area contributed by atoms with E-state index in [0.717, 1.165) is 109 Å². The van der Waals surface area contributed by atoms with E-state index >= 15 is 0 Å². The van der Waals surface area contributed by atoms with Crippen LogP contribution in [-0.4, -0.2) is 74.9 Å². The molecule has 2 unspecified atom stereocenters. The molecular weight excluding hydrogens is 1280 g/mol. The van der Waals surface area contributed by atoms with Gasteiger partial charge >= 0.3 is 19.8 Å². The number of rotatable bonds is 79. The van der Waals surface area contributed by atoms with Crippen molar-refractivity contribution in [2.24, 2.45) is 0 Å². The van der Waals surface area contributed by atoms with Gasteiger partial charge in [0.15, 0.2) is 6.10 Å². The number of hydrogen-bond acceptors (Lipinski definition) is 7. The molecule has 0 saturated heterocycles. The first-order valence-corrected chi connectivity index (χ1v) is 44.4. The molecule has 102 heavy (non-hydrogen) atoms. The van der Waals surface area contributed by atoms with Crippen molar-refractivity contribution in [3.05, 3.63) is 134 Å². The number of ether oxygens (including phenoxy) is 2. The molecule has 0 aliphatic heterocycles. The highest BCUT2D eigenvalue weighted by Crippen LogP contribution is 2.43. The van der Waals surface area contributed by atoms with Gasteiger partial charge in [-0.3, -0.25) is 18.6 Å². The fourth-order valence-electron chi connectivity index (χ4n) is 12.2. The summed E-state index contributed by atoms with van der Waals surface area (Å²) in [5, 5.41) is 0. The van der Waals surface area contributed by atoms with Crippen LogP contribution in [0.4, 0.5) is 0 Å². The Morgan fingerprint density at radius 1 is 0.314 bits per heavy atom. The van der Waals surface area contributed by atoms with E-state index in [-0.39, 0.29) is 32.0 Å². The van der Waals surface area contributed by atoms with E-state index in [1.807, 2.05) is 21.1 Å². The number of phosphoric ester groups is 1. The van der Waals surface area contributed by atoms with Gasteiger partial charge in [0.2, 0.25) is 0 Å². The lowest BCUT2D eigenvalue weighted by molar-refractivity contribution is -0.870. The zero-order valence-electron chi connectivity index (χ0n) is 67.3. The normalized spacial score (nSPS) is 13.7. The third-order valence-corrected chi connectivity index (χ3v) is 19.6. The maximum atomic E-state index is 12.9. The summed E-state index contributed by atoms with van der Waals surface area (Å²) in [4.78, 5) is 36.0. The van der Waals surface area contributed by atoms with Crippen LogP contribution in [0.2, 0.25) is 0 Å². The topological polar surface area (TPSA) is 108 Å². The number of carbonyl (C=O) groups excluding carboxylic acids is 2. The smallest absolute Gasteiger partial charge is 0.462 e. The second kappa shape index (κ2) is 81.2. The molecule has 0 radical (unpaired) electrons. The lowest BCUT2D eigenvalue weighted by atomic mass is 10.0. The average Bonchev–Trinajstić information content (AvgIpc) is 0.916. The number of carbonyl (C=O) groups is 2. The monoisotopic (exact) mass is 1440 g/mol. The summed E-state index contributed by atoms with van der Waals surface area (Å²) in [5.74, 6) is -0.793. The van der Waals surface area contributed by atoms with Crippen LogP contribution in [0, 0.1) is 0 Å². The summed E-state index contributed by atoms with van der Waals surface area (Å²) < 4.78 is 34.9. The molecule has 0 amide bonds. The van der Waals surface area contributed by atoms with E-state index in [1.54, 1.807) is 0 Å². The Hall–Kier alpha value is -3.85. The number of nitrogens with zero attached hydrogens (tertiary/aromatic N) is 1. The molecule has 0 aromatic rings. The third kappa shape index (κ3) is 85.1. The standard InChI is InChI=1S/C92H162NO8P/c1-6-8-10-12-14-16-18-20-22-24-26-28-30-32-34-36-38-40-42-44-45-46-47-49-51-53-55-57-59-61-63-65-67-69-71-73-75-77-79-81-83-85-92(95)101-90(89-100-102(96,97)99-87-86-93(3,4)5)88-98-91(94)84-82-80-78-76-74-72-70-68-66-64-62-60-58-56-54-52-50-48-43-41-39-37-35-33-31-29-27-25-23-21-19-17-15-13-11-9-7-2/h8,10,14,16,20,22,25-28,32,34,38,40,44-45,47,49,53,55,59,61,90H,6-7,9,11-13,15,17-19,21,23-24,29-31,33,35-37,39,41-43,46,48,50-52,54,56-58,60,62-89H2,1-5H3/p+1/b10-8-,16-14-,22-20-,27-25-,28-26-,34-32-,40-38-,45-44-,49-47-,55-53-,61-59-. The minimum atomic E-state index is -4.40. The molecule has 0 aliphatic carbocycles. The van der Waals surface area contributed by atoms with Crippen molar-refractivity contribution in [2.75, 3.05) is 47.5 Å². The number of hydrogen-bond donors (Lipinski definition) is 1. The van der Waals surface area contributed by atoms with Crippen molar-refractivity contribution in [1.29, 1.82) is 0 Å². The van der Waals surface area contributed by atoms with E-state index in [9.17, 15) is 19.0 Å². The highest BCUT2D eigenvalue weighted by Gasteiger charge is 2.27. The molecule has 0 fully saturated rings. The van der Waals surface area contributed by atoms with Crippen LogP contribution in [0.25, 0.3) is 0 Å². The second-order valence-corrected chi connectivity index (χ2v) is 31.3. The second-order valence-electron chi connectivity index (χ2n) is 29.8. The molecule has 1 N–H and O–H groups in total. The van der Waals surface area contributed by atoms with E-state index in [2.05, 4.69) is 148 Å². The minimum absolute atomic E-state index is 0.0273. The van der Waals surface area contributed by atoms with Gasteiger partial charge in [-0.15, -0.1) is 0 Å². The first-order valence-electron chi connectivity index (χ1n) is 42.9. The summed E-state index contributed by atoms with van der Waals surface area (Å²) in [6.07, 6.45) is 119. The number of esters is 2. The van der Waals surface area contributed by atoms with Gasteiger partial charge in [0, 0.05) is 12.8 Å². The summed E-state index contributed by atoms with van der Waals surface area (Å²) in [5.41, 5.74) is 0. The Balaban J connectivity index is 3.97. The average molecular weight is 1440 g/mol. The van der Waals surface area contributed by atoms with Crippen LogP contribution in [0.1, 0.15) is 386 Å². The van der Waals surface area contributed by atoms with Crippen molar-refractivity contribution in [3.8, 4) is 0 Å². The van der Waals surface area contributed by atoms with Gasteiger partial charge in [-0.25, -0.2) is 4.57 Å². The lowest BCUT2D eigenvalue weighted by Gasteiger charge is -2.24. The fraction of sp³-hybridized carbons (Fsp3) is 0.739. The molecule has 0 rings (SSSR count). The van der Waals surface area contributed by atoms with E-state index in [1.165, 1.54) is 244 Å². The van der Waals surface area contributed by atoms with Crippen LogP contribution in [0.3, 0.4) is 0 Å². The van der Waals surface area contributed by atoms with Gasteiger partial charge in [-0.1, -0.05) is 392 Å². The van der Waals surface area contributed by atoms with Crippen molar-refractivity contribution in [3.63, 3.8) is 0 Å². The number of quaternary nitrogens is 1. The highest BCUT2D eigenvalue weighted by atomic mass is 31.2. The Bertz CT molecular complexity index is 2190. The van der Waals surface area contributed by atoms with Gasteiger partial charge in [0.1, 0.15) is 19.8 Å². The maximum absolute atomic E-state index is 12.9. The van der Waals surface area contributed by atoms with E-state index in [0.29, 0.717) is 17.4 Å². The van der Waals surface area contributed by atoms with Gasteiger partial charge in [-0.05, 0) is 116 Å². The number of phosphoric acid groups is 1. The molecule has 2 atom stereocenters. The summed E-state index contributed by atoms with van der Waals surface area (Å²) >= 11 is 0. The predicted molar refractivity (Wildman–Crippen MR) is 445 cm³/mol. The fourth-order valence-corrected chi connectivity index (χ4v) is 12.9. The summed E-state index contributed by atoms with van der Waals surface area (Å²) in [6.45, 7) is 4.35. The first kappa shape index (κ1) is 98.2. The number of allylic oxidation sites excluding steroid dienone is 22. The Morgan fingerprint density at radius 3 is 0.843 bits per heavy atom. The van der Waals surface area contributed by atoms with E-state index < -0.39 is 26.5 Å². The van der Waals surface area contributed by atoms with Crippen LogP contribution in [-0.2, 0) is 32.7 Å². The Labute approximate surface area is 631 Å². The van der Waals surface area contributed by atoms with Crippen LogP contribution in [0.5, 0.6) is 0 Å². The minimum Gasteiger partial charge on any atom is -0.462 e. The molecule has 0 heterocycles. The van der Waals surface area contributed by atoms with Crippen molar-refractivity contribution in [1.82, 2.24) is 0 Å². The largest absolute Gasteiger partial charge is 0.472 e. The maximum Gasteiger partial charge on any atom is 0.472 e. The Morgan fingerprint density at radius 2 is 0.559 bits per heavy atom. The molecule has 588 valence electrons. The molecule has 0 saturated carbocycles. The molecule has 0 aromatic carbocycles. The number of likely N-dealkylation sites (N-methyl/N-ethyl adjacent to an activating group) is 1. The van der Waals surface area contributed by atoms with Gasteiger partial charge in [0.25, 0.3) is 0 Å². The number of unbranched alkanes of at least 4 members (excludes halogenated alkanes) is 43. The zero-order chi connectivity index (χ0) is 74.0. The molecule has 0 aliphatic rings. The molecule has 10 heteroatoms. The van der Waals surface area contributed by atoms with Crippen LogP contribution >= 0.6 is 7.82 Å². The quantitative estimate of drug-likeness (QED) is 0.0211. The van der Waals surface area contributed by atoms with Gasteiger partial charge < -0.3 is 18.9 Å². The zero-order valence-corrected chi connectivity index (χ0v) is 68.2.